The van der Waals surface area contributed by atoms with Crippen LogP contribution in [0, 0.1) is 23.7 Å². The third-order valence-corrected chi connectivity index (χ3v) is 5.26. The Morgan fingerprint density at radius 3 is 2.11 bits per heavy atom. The lowest BCUT2D eigenvalue weighted by atomic mass is 9.71. The third-order valence-electron chi connectivity index (χ3n) is 5.26. The minimum absolute atomic E-state index is 0.831. The minimum Gasteiger partial charge on any atom is -0.313 e. The first-order valence-corrected chi connectivity index (χ1v) is 8.44. The van der Waals surface area contributed by atoms with Gasteiger partial charge in [-0.3, -0.25) is 0 Å². The van der Waals surface area contributed by atoms with Crippen molar-refractivity contribution in [3.8, 4) is 0 Å². The lowest BCUT2D eigenvalue weighted by Crippen LogP contribution is -2.44. The fraction of sp³-hybridized carbons (Fsp3) is 1.00. The molecule has 0 radical (unpaired) electrons. The van der Waals surface area contributed by atoms with Crippen molar-refractivity contribution < 1.29 is 0 Å². The molecule has 1 N–H and O–H groups in total. The molecule has 0 aliphatic heterocycles. The SMILES string of the molecule is CCCNC(C1CCCC1)C1CC(C)CC(C)C1. The van der Waals surface area contributed by atoms with E-state index in [1.165, 1.54) is 57.9 Å². The zero-order chi connectivity index (χ0) is 13.0. The fourth-order valence-electron chi connectivity index (χ4n) is 4.65. The van der Waals surface area contributed by atoms with Gasteiger partial charge in [0.15, 0.2) is 0 Å². The Bertz CT molecular complexity index is 222. The average molecular weight is 251 g/mol. The van der Waals surface area contributed by atoms with Crippen LogP contribution in [-0.2, 0) is 0 Å². The van der Waals surface area contributed by atoms with Crippen molar-refractivity contribution >= 4 is 0 Å². The van der Waals surface area contributed by atoms with E-state index in [0.29, 0.717) is 0 Å². The largest absolute Gasteiger partial charge is 0.313 e. The zero-order valence-corrected chi connectivity index (χ0v) is 12.8. The summed E-state index contributed by atoms with van der Waals surface area (Å²) in [6, 6.07) is 0.831. The number of nitrogens with one attached hydrogen (secondary N) is 1. The molecule has 0 aromatic heterocycles. The molecule has 2 aliphatic carbocycles. The second-order valence-corrected chi connectivity index (χ2v) is 7.20. The maximum absolute atomic E-state index is 3.92. The van der Waals surface area contributed by atoms with Gasteiger partial charge in [0.05, 0.1) is 0 Å². The molecule has 1 nitrogen and oxygen atoms in total. The summed E-state index contributed by atoms with van der Waals surface area (Å²) in [6.07, 6.45) is 11.6. The van der Waals surface area contributed by atoms with E-state index in [9.17, 15) is 0 Å². The van der Waals surface area contributed by atoms with E-state index in [4.69, 9.17) is 0 Å². The molecule has 0 heterocycles. The van der Waals surface area contributed by atoms with Crippen LogP contribution in [0.5, 0.6) is 0 Å². The van der Waals surface area contributed by atoms with E-state index in [1.807, 2.05) is 0 Å². The van der Waals surface area contributed by atoms with Crippen molar-refractivity contribution in [3.63, 3.8) is 0 Å². The highest BCUT2D eigenvalue weighted by Crippen LogP contribution is 2.40. The molecule has 0 aromatic carbocycles. The lowest BCUT2D eigenvalue weighted by molar-refractivity contribution is 0.144. The molecule has 0 saturated heterocycles. The molecule has 0 bridgehead atoms. The average Bonchev–Trinajstić information content (AvgIpc) is 2.82. The maximum atomic E-state index is 3.92. The molecule has 3 unspecified atom stereocenters. The van der Waals surface area contributed by atoms with Crippen molar-refractivity contribution in [2.24, 2.45) is 23.7 Å². The molecule has 3 atom stereocenters. The van der Waals surface area contributed by atoms with Crippen LogP contribution in [0.3, 0.4) is 0 Å². The fourth-order valence-corrected chi connectivity index (χ4v) is 4.65. The van der Waals surface area contributed by atoms with Crippen molar-refractivity contribution in [1.29, 1.82) is 0 Å². The molecule has 0 spiro atoms. The van der Waals surface area contributed by atoms with E-state index >= 15 is 0 Å². The van der Waals surface area contributed by atoms with Gasteiger partial charge in [-0.05, 0) is 68.7 Å². The van der Waals surface area contributed by atoms with Crippen molar-refractivity contribution in [3.05, 3.63) is 0 Å². The first kappa shape index (κ1) is 14.4. The molecule has 2 saturated carbocycles. The molecule has 0 aromatic rings. The zero-order valence-electron chi connectivity index (χ0n) is 12.8. The maximum Gasteiger partial charge on any atom is 0.0124 e. The van der Waals surface area contributed by atoms with Crippen molar-refractivity contribution in [2.75, 3.05) is 6.54 Å². The number of hydrogen-bond acceptors (Lipinski definition) is 1. The Hall–Kier alpha value is -0.0400. The summed E-state index contributed by atoms with van der Waals surface area (Å²) in [5.41, 5.74) is 0. The van der Waals surface area contributed by atoms with Crippen LogP contribution in [0.15, 0.2) is 0 Å². The highest BCUT2D eigenvalue weighted by Gasteiger charge is 2.35. The minimum atomic E-state index is 0.831. The first-order valence-electron chi connectivity index (χ1n) is 8.44. The van der Waals surface area contributed by atoms with E-state index in [2.05, 4.69) is 26.1 Å². The highest BCUT2D eigenvalue weighted by molar-refractivity contribution is 4.89. The molecular formula is C17H33N. The third kappa shape index (κ3) is 3.73. The van der Waals surface area contributed by atoms with Gasteiger partial charge >= 0.3 is 0 Å². The summed E-state index contributed by atoms with van der Waals surface area (Å²) in [6.45, 7) is 8.45. The molecule has 2 aliphatic rings. The molecule has 2 fully saturated rings. The monoisotopic (exact) mass is 251 g/mol. The van der Waals surface area contributed by atoms with Crippen LogP contribution in [0.25, 0.3) is 0 Å². The Balaban J connectivity index is 1.97. The summed E-state index contributed by atoms with van der Waals surface area (Å²) < 4.78 is 0. The molecule has 106 valence electrons. The summed E-state index contributed by atoms with van der Waals surface area (Å²) in [4.78, 5) is 0. The van der Waals surface area contributed by atoms with Gasteiger partial charge < -0.3 is 5.32 Å². The van der Waals surface area contributed by atoms with Gasteiger partial charge in [0.1, 0.15) is 0 Å². The standard InChI is InChI=1S/C17H33N/c1-4-9-18-17(15-7-5-6-8-15)16-11-13(2)10-14(3)12-16/h13-18H,4-12H2,1-3H3. The Kier molecular flexibility index (Phi) is 5.54. The Labute approximate surface area is 114 Å². The van der Waals surface area contributed by atoms with Gasteiger partial charge in [-0.25, -0.2) is 0 Å². The van der Waals surface area contributed by atoms with E-state index in [0.717, 1.165) is 29.7 Å². The quantitative estimate of drug-likeness (QED) is 0.752. The lowest BCUT2D eigenvalue weighted by Gasteiger charge is -2.39. The van der Waals surface area contributed by atoms with Gasteiger partial charge in [-0.2, -0.15) is 0 Å². The van der Waals surface area contributed by atoms with Crippen LogP contribution in [0.2, 0.25) is 0 Å². The van der Waals surface area contributed by atoms with Crippen LogP contribution in [0.4, 0.5) is 0 Å². The van der Waals surface area contributed by atoms with Crippen LogP contribution in [-0.4, -0.2) is 12.6 Å². The van der Waals surface area contributed by atoms with Crippen molar-refractivity contribution in [2.45, 2.75) is 78.2 Å². The highest BCUT2D eigenvalue weighted by atomic mass is 14.9. The molecular weight excluding hydrogens is 218 g/mol. The Morgan fingerprint density at radius 2 is 1.56 bits per heavy atom. The Morgan fingerprint density at radius 1 is 0.944 bits per heavy atom. The molecule has 1 heteroatoms. The van der Waals surface area contributed by atoms with Crippen LogP contribution < -0.4 is 5.32 Å². The second-order valence-electron chi connectivity index (χ2n) is 7.20. The normalized spacial score (nSPS) is 35.8. The van der Waals surface area contributed by atoms with Gasteiger partial charge in [0.25, 0.3) is 0 Å². The van der Waals surface area contributed by atoms with Crippen LogP contribution in [0.1, 0.15) is 72.1 Å². The predicted octanol–water partition coefficient (Wildman–Crippen LogP) is 4.62. The topological polar surface area (TPSA) is 12.0 Å². The first-order chi connectivity index (χ1) is 8.70. The molecule has 0 amide bonds. The summed E-state index contributed by atoms with van der Waals surface area (Å²) >= 11 is 0. The summed E-state index contributed by atoms with van der Waals surface area (Å²) in [7, 11) is 0. The van der Waals surface area contributed by atoms with Crippen molar-refractivity contribution in [1.82, 2.24) is 5.32 Å². The van der Waals surface area contributed by atoms with Gasteiger partial charge in [-0.15, -0.1) is 0 Å². The van der Waals surface area contributed by atoms with Gasteiger partial charge in [0, 0.05) is 6.04 Å². The molecule has 2 rings (SSSR count). The number of rotatable bonds is 5. The van der Waals surface area contributed by atoms with Crippen LogP contribution >= 0.6 is 0 Å². The van der Waals surface area contributed by atoms with Gasteiger partial charge in [0.2, 0.25) is 0 Å². The van der Waals surface area contributed by atoms with E-state index in [-0.39, 0.29) is 0 Å². The smallest absolute Gasteiger partial charge is 0.0124 e. The van der Waals surface area contributed by atoms with E-state index in [1.54, 1.807) is 0 Å². The van der Waals surface area contributed by atoms with Gasteiger partial charge in [-0.1, -0.05) is 33.6 Å². The number of hydrogen-bond donors (Lipinski definition) is 1. The molecule has 18 heavy (non-hydrogen) atoms. The van der Waals surface area contributed by atoms with E-state index < -0.39 is 0 Å². The predicted molar refractivity (Wildman–Crippen MR) is 79.7 cm³/mol. The summed E-state index contributed by atoms with van der Waals surface area (Å²) in [5.74, 6) is 3.84. The summed E-state index contributed by atoms with van der Waals surface area (Å²) in [5, 5.41) is 3.92. The second kappa shape index (κ2) is 6.93.